The molecule has 0 fully saturated rings. The fourth-order valence-electron chi connectivity index (χ4n) is 1.67. The third-order valence-electron chi connectivity index (χ3n) is 2.32. The smallest absolute Gasteiger partial charge is 0.337 e. The van der Waals surface area contributed by atoms with E-state index in [2.05, 4.69) is 4.74 Å². The van der Waals surface area contributed by atoms with Crippen molar-refractivity contribution in [2.24, 2.45) is 0 Å². The maximum absolute atomic E-state index is 11.2. The van der Waals surface area contributed by atoms with Crippen molar-refractivity contribution >= 4 is 5.97 Å². The Bertz CT molecular complexity index is 371. The van der Waals surface area contributed by atoms with Gasteiger partial charge in [0.2, 0.25) is 0 Å². The molecule has 3 nitrogen and oxygen atoms in total. The number of hydrogen-bond donors (Lipinski definition) is 0. The van der Waals surface area contributed by atoms with Gasteiger partial charge in [0.1, 0.15) is 11.9 Å². The molecule has 0 radical (unpaired) electrons. The molecule has 1 aliphatic rings. The second kappa shape index (κ2) is 3.33. The molecule has 74 valence electrons. The van der Waals surface area contributed by atoms with Crippen molar-refractivity contribution in [2.45, 2.75) is 19.4 Å². The fraction of sp³-hybridized carbons (Fsp3) is 0.364. The predicted molar refractivity (Wildman–Crippen MR) is 51.6 cm³/mol. The lowest BCUT2D eigenvalue weighted by atomic mass is 10.1. The molecule has 0 N–H and O–H groups in total. The quantitative estimate of drug-likeness (QED) is 0.636. The van der Waals surface area contributed by atoms with Gasteiger partial charge in [-0.1, -0.05) is 0 Å². The minimum Gasteiger partial charge on any atom is -0.490 e. The van der Waals surface area contributed by atoms with E-state index in [0.29, 0.717) is 5.56 Å². The van der Waals surface area contributed by atoms with Crippen molar-refractivity contribution in [1.82, 2.24) is 0 Å². The largest absolute Gasteiger partial charge is 0.490 e. The van der Waals surface area contributed by atoms with Crippen LogP contribution in [0.5, 0.6) is 5.75 Å². The van der Waals surface area contributed by atoms with Gasteiger partial charge in [-0.25, -0.2) is 4.79 Å². The number of carbonyl (C=O) groups excluding carboxylic acids is 1. The van der Waals surface area contributed by atoms with Crippen LogP contribution < -0.4 is 4.74 Å². The molecule has 0 saturated heterocycles. The van der Waals surface area contributed by atoms with Gasteiger partial charge < -0.3 is 9.47 Å². The van der Waals surface area contributed by atoms with Crippen molar-refractivity contribution in [3.63, 3.8) is 0 Å². The Labute approximate surface area is 82.6 Å². The van der Waals surface area contributed by atoms with Crippen LogP contribution in [-0.2, 0) is 11.2 Å². The molecule has 1 aliphatic heterocycles. The summed E-state index contributed by atoms with van der Waals surface area (Å²) in [5.74, 6) is 0.581. The van der Waals surface area contributed by atoms with E-state index in [-0.39, 0.29) is 12.1 Å². The zero-order valence-corrected chi connectivity index (χ0v) is 8.24. The van der Waals surface area contributed by atoms with Gasteiger partial charge in [-0.3, -0.25) is 0 Å². The molecule has 0 aliphatic carbocycles. The number of ether oxygens (including phenoxy) is 2. The summed E-state index contributed by atoms with van der Waals surface area (Å²) in [6, 6.07) is 5.39. The first kappa shape index (κ1) is 9.06. The van der Waals surface area contributed by atoms with Crippen LogP contribution in [-0.4, -0.2) is 19.2 Å². The number of hydrogen-bond acceptors (Lipinski definition) is 3. The molecule has 0 spiro atoms. The van der Waals surface area contributed by atoms with Gasteiger partial charge in [0, 0.05) is 6.42 Å². The summed E-state index contributed by atoms with van der Waals surface area (Å²) in [4.78, 5) is 11.2. The lowest BCUT2D eigenvalue weighted by molar-refractivity contribution is 0.0600. The molecule has 1 aromatic carbocycles. The summed E-state index contributed by atoms with van der Waals surface area (Å²) >= 11 is 0. The second-order valence-corrected chi connectivity index (χ2v) is 3.45. The lowest BCUT2D eigenvalue weighted by Crippen LogP contribution is -2.05. The van der Waals surface area contributed by atoms with E-state index in [1.54, 1.807) is 6.07 Å². The van der Waals surface area contributed by atoms with E-state index in [9.17, 15) is 4.79 Å². The van der Waals surface area contributed by atoms with E-state index >= 15 is 0 Å². The highest BCUT2D eigenvalue weighted by atomic mass is 16.5. The Kier molecular flexibility index (Phi) is 2.15. The molecule has 0 unspecified atom stereocenters. The molecule has 14 heavy (non-hydrogen) atoms. The number of fused-ring (bicyclic) bond motifs is 1. The van der Waals surface area contributed by atoms with Crippen molar-refractivity contribution < 1.29 is 14.3 Å². The van der Waals surface area contributed by atoms with Crippen molar-refractivity contribution in [1.29, 1.82) is 0 Å². The van der Waals surface area contributed by atoms with E-state index in [0.717, 1.165) is 17.7 Å². The highest BCUT2D eigenvalue weighted by molar-refractivity contribution is 5.89. The number of esters is 1. The number of carbonyl (C=O) groups is 1. The van der Waals surface area contributed by atoms with Crippen LogP contribution in [0.2, 0.25) is 0 Å². The highest BCUT2D eigenvalue weighted by Crippen LogP contribution is 2.29. The van der Waals surface area contributed by atoms with Gasteiger partial charge in [0.15, 0.2) is 0 Å². The van der Waals surface area contributed by atoms with Gasteiger partial charge in [-0.2, -0.15) is 0 Å². The molecular formula is C11H12O3. The van der Waals surface area contributed by atoms with Gasteiger partial charge in [-0.15, -0.1) is 0 Å². The molecule has 1 aromatic rings. The molecule has 0 saturated carbocycles. The van der Waals surface area contributed by atoms with Crippen molar-refractivity contribution in [3.8, 4) is 5.75 Å². The first-order chi connectivity index (χ1) is 6.70. The standard InChI is InChI=1S/C11H12O3/c1-7-5-9-6-8(11(12)13-2)3-4-10(9)14-7/h3-4,6-7H,5H2,1-2H3/t7-/m0/s1. The van der Waals surface area contributed by atoms with Crippen LogP contribution in [0.1, 0.15) is 22.8 Å². The number of benzene rings is 1. The molecule has 0 aromatic heterocycles. The SMILES string of the molecule is COC(=O)c1ccc2c(c1)C[C@H](C)O2. The zero-order valence-electron chi connectivity index (χ0n) is 8.24. The summed E-state index contributed by atoms with van der Waals surface area (Å²) in [6.45, 7) is 2.01. The van der Waals surface area contributed by atoms with Crippen LogP contribution in [0.15, 0.2) is 18.2 Å². The molecule has 2 rings (SSSR count). The lowest BCUT2D eigenvalue weighted by Gasteiger charge is -2.02. The molecular weight excluding hydrogens is 180 g/mol. The second-order valence-electron chi connectivity index (χ2n) is 3.45. The zero-order chi connectivity index (χ0) is 10.1. The monoisotopic (exact) mass is 192 g/mol. The molecule has 3 heteroatoms. The van der Waals surface area contributed by atoms with Crippen LogP contribution in [0, 0.1) is 0 Å². The van der Waals surface area contributed by atoms with Crippen LogP contribution in [0.3, 0.4) is 0 Å². The van der Waals surface area contributed by atoms with E-state index in [1.807, 2.05) is 19.1 Å². The molecule has 0 bridgehead atoms. The summed E-state index contributed by atoms with van der Waals surface area (Å²) in [7, 11) is 1.38. The minimum absolute atomic E-state index is 0.206. The fourth-order valence-corrected chi connectivity index (χ4v) is 1.67. The number of rotatable bonds is 1. The first-order valence-electron chi connectivity index (χ1n) is 4.58. The molecule has 0 amide bonds. The topological polar surface area (TPSA) is 35.5 Å². The number of methoxy groups -OCH3 is 1. The average Bonchev–Trinajstić information content (AvgIpc) is 2.55. The van der Waals surface area contributed by atoms with Crippen LogP contribution in [0.25, 0.3) is 0 Å². The molecule has 1 heterocycles. The van der Waals surface area contributed by atoms with Gasteiger partial charge in [0.25, 0.3) is 0 Å². The van der Waals surface area contributed by atoms with Crippen molar-refractivity contribution in [3.05, 3.63) is 29.3 Å². The predicted octanol–water partition coefficient (Wildman–Crippen LogP) is 1.80. The summed E-state index contributed by atoms with van der Waals surface area (Å²) < 4.78 is 10.2. The highest BCUT2D eigenvalue weighted by Gasteiger charge is 2.20. The summed E-state index contributed by atoms with van der Waals surface area (Å²) in [5, 5.41) is 0. The Hall–Kier alpha value is -1.51. The Morgan fingerprint density at radius 2 is 2.36 bits per heavy atom. The summed E-state index contributed by atoms with van der Waals surface area (Å²) in [5.41, 5.74) is 1.67. The maximum atomic E-state index is 11.2. The minimum atomic E-state index is -0.299. The van der Waals surface area contributed by atoms with Crippen molar-refractivity contribution in [2.75, 3.05) is 7.11 Å². The van der Waals surface area contributed by atoms with Crippen LogP contribution >= 0.6 is 0 Å². The summed E-state index contributed by atoms with van der Waals surface area (Å²) in [6.07, 6.45) is 1.07. The van der Waals surface area contributed by atoms with Crippen LogP contribution in [0.4, 0.5) is 0 Å². The Morgan fingerprint density at radius 3 is 3.07 bits per heavy atom. The molecule has 1 atom stereocenters. The van der Waals surface area contributed by atoms with Gasteiger partial charge in [-0.05, 0) is 30.7 Å². The van der Waals surface area contributed by atoms with E-state index < -0.39 is 0 Å². The third kappa shape index (κ3) is 1.45. The van der Waals surface area contributed by atoms with E-state index in [4.69, 9.17) is 4.74 Å². The van der Waals surface area contributed by atoms with Gasteiger partial charge in [0.05, 0.1) is 12.7 Å². The Balaban J connectivity index is 2.33. The van der Waals surface area contributed by atoms with E-state index in [1.165, 1.54) is 7.11 Å². The maximum Gasteiger partial charge on any atom is 0.337 e. The normalized spacial score (nSPS) is 18.6. The van der Waals surface area contributed by atoms with Gasteiger partial charge >= 0.3 is 5.97 Å². The first-order valence-corrected chi connectivity index (χ1v) is 4.58. The third-order valence-corrected chi connectivity index (χ3v) is 2.32. The Morgan fingerprint density at radius 1 is 1.57 bits per heavy atom. The average molecular weight is 192 g/mol.